The van der Waals surface area contributed by atoms with Crippen LogP contribution in [-0.2, 0) is 4.79 Å². The van der Waals surface area contributed by atoms with Gasteiger partial charge in [-0.1, -0.05) is 12.2 Å². The summed E-state index contributed by atoms with van der Waals surface area (Å²) in [6.45, 7) is 1.10. The maximum absolute atomic E-state index is 10.8. The molecule has 1 aliphatic carbocycles. The van der Waals surface area contributed by atoms with Crippen molar-refractivity contribution in [3.8, 4) is 0 Å². The molecule has 2 aliphatic rings. The van der Waals surface area contributed by atoms with E-state index in [0.717, 1.165) is 24.4 Å². The van der Waals surface area contributed by atoms with Crippen molar-refractivity contribution >= 4 is 11.8 Å². The molecule has 0 spiro atoms. The van der Waals surface area contributed by atoms with Crippen LogP contribution in [0.3, 0.4) is 0 Å². The van der Waals surface area contributed by atoms with Crippen molar-refractivity contribution in [1.29, 1.82) is 0 Å². The third-order valence-electron chi connectivity index (χ3n) is 3.65. The second-order valence-corrected chi connectivity index (χ2v) is 4.88. The van der Waals surface area contributed by atoms with Gasteiger partial charge in [-0.25, -0.2) is 9.97 Å². The number of hydrogen-bond donors (Lipinski definition) is 1. The van der Waals surface area contributed by atoms with Crippen LogP contribution in [0.4, 0.5) is 5.82 Å². The molecule has 94 valence electrons. The average molecular weight is 245 g/mol. The van der Waals surface area contributed by atoms with Crippen LogP contribution in [0.5, 0.6) is 0 Å². The standard InChI is InChI=1S/C13H15N3O2/c17-13(18)10-6-16(7-10)12-5-11(14-8-15-12)9-3-1-2-4-9/h1-2,5,8-10H,3-4,6-7H2,(H,17,18). The van der Waals surface area contributed by atoms with Crippen LogP contribution >= 0.6 is 0 Å². The summed E-state index contributed by atoms with van der Waals surface area (Å²) in [5.41, 5.74) is 1.06. The molecule has 0 atom stereocenters. The van der Waals surface area contributed by atoms with Gasteiger partial charge in [-0.3, -0.25) is 4.79 Å². The Morgan fingerprint density at radius 1 is 1.28 bits per heavy atom. The normalized spacial score (nSPS) is 20.1. The highest BCUT2D eigenvalue weighted by Gasteiger charge is 2.33. The van der Waals surface area contributed by atoms with Gasteiger partial charge in [-0.15, -0.1) is 0 Å². The van der Waals surface area contributed by atoms with Crippen LogP contribution in [0.25, 0.3) is 0 Å². The lowest BCUT2D eigenvalue weighted by Crippen LogP contribution is -2.50. The van der Waals surface area contributed by atoms with Gasteiger partial charge >= 0.3 is 5.97 Å². The zero-order valence-electron chi connectivity index (χ0n) is 9.99. The highest BCUT2D eigenvalue weighted by Crippen LogP contribution is 2.30. The number of nitrogens with zero attached hydrogens (tertiary/aromatic N) is 3. The van der Waals surface area contributed by atoms with E-state index in [1.807, 2.05) is 11.0 Å². The van der Waals surface area contributed by atoms with Gasteiger partial charge in [0.1, 0.15) is 12.1 Å². The van der Waals surface area contributed by atoms with Gasteiger partial charge in [0.05, 0.1) is 5.92 Å². The highest BCUT2D eigenvalue weighted by molar-refractivity contribution is 5.74. The van der Waals surface area contributed by atoms with Crippen molar-refractivity contribution < 1.29 is 9.90 Å². The molecule has 1 aromatic rings. The number of hydrogen-bond acceptors (Lipinski definition) is 4. The van der Waals surface area contributed by atoms with Crippen molar-refractivity contribution in [2.45, 2.75) is 18.8 Å². The minimum Gasteiger partial charge on any atom is -0.481 e. The molecular weight excluding hydrogens is 230 g/mol. The van der Waals surface area contributed by atoms with Gasteiger partial charge in [-0.05, 0) is 12.8 Å². The first-order chi connectivity index (χ1) is 8.74. The molecule has 5 heteroatoms. The lowest BCUT2D eigenvalue weighted by molar-refractivity contribution is -0.142. The zero-order valence-corrected chi connectivity index (χ0v) is 9.99. The molecule has 1 aliphatic heterocycles. The van der Waals surface area contributed by atoms with E-state index in [4.69, 9.17) is 5.11 Å². The summed E-state index contributed by atoms with van der Waals surface area (Å²) in [6, 6.07) is 2.00. The Labute approximate surface area is 105 Å². The molecule has 0 radical (unpaired) electrons. The van der Waals surface area contributed by atoms with Crippen molar-refractivity contribution in [1.82, 2.24) is 9.97 Å². The van der Waals surface area contributed by atoms with Crippen LogP contribution in [0, 0.1) is 5.92 Å². The fourth-order valence-electron chi connectivity index (χ4n) is 2.44. The summed E-state index contributed by atoms with van der Waals surface area (Å²) >= 11 is 0. The average Bonchev–Trinajstić information content (AvgIpc) is 2.80. The number of aromatic nitrogens is 2. The van der Waals surface area contributed by atoms with Crippen molar-refractivity contribution in [3.05, 3.63) is 30.2 Å². The molecule has 1 saturated heterocycles. The van der Waals surface area contributed by atoms with Gasteiger partial charge < -0.3 is 10.0 Å². The Hall–Kier alpha value is -1.91. The van der Waals surface area contributed by atoms with Crippen molar-refractivity contribution in [2.75, 3.05) is 18.0 Å². The SMILES string of the molecule is O=C(O)C1CN(c2cc(C3CC=CC3)ncn2)C1. The van der Waals surface area contributed by atoms with E-state index >= 15 is 0 Å². The Bertz CT molecular complexity index is 487. The maximum Gasteiger partial charge on any atom is 0.310 e. The van der Waals surface area contributed by atoms with Crippen molar-refractivity contribution in [2.24, 2.45) is 5.92 Å². The predicted octanol–water partition coefficient (Wildman–Crippen LogP) is 1.43. The fourth-order valence-corrected chi connectivity index (χ4v) is 2.44. The molecule has 5 nitrogen and oxygen atoms in total. The topological polar surface area (TPSA) is 66.3 Å². The molecule has 2 heterocycles. The monoisotopic (exact) mass is 245 g/mol. The lowest BCUT2D eigenvalue weighted by Gasteiger charge is -2.37. The van der Waals surface area contributed by atoms with Crippen LogP contribution < -0.4 is 4.90 Å². The van der Waals surface area contributed by atoms with Crippen LogP contribution in [0.2, 0.25) is 0 Å². The molecule has 0 saturated carbocycles. The van der Waals surface area contributed by atoms with Crippen LogP contribution in [0.1, 0.15) is 24.5 Å². The van der Waals surface area contributed by atoms with E-state index in [9.17, 15) is 4.79 Å². The second kappa shape index (κ2) is 4.40. The van der Waals surface area contributed by atoms with E-state index in [2.05, 4.69) is 22.1 Å². The zero-order chi connectivity index (χ0) is 12.5. The van der Waals surface area contributed by atoms with E-state index < -0.39 is 5.97 Å². The van der Waals surface area contributed by atoms with E-state index in [1.54, 1.807) is 6.33 Å². The number of aliphatic carboxylic acids is 1. The van der Waals surface area contributed by atoms with E-state index in [0.29, 0.717) is 19.0 Å². The minimum atomic E-state index is -0.722. The molecule has 0 unspecified atom stereocenters. The van der Waals surface area contributed by atoms with Crippen LogP contribution in [0.15, 0.2) is 24.5 Å². The van der Waals surface area contributed by atoms with Gasteiger partial charge in [-0.2, -0.15) is 0 Å². The number of rotatable bonds is 3. The third kappa shape index (κ3) is 1.96. The second-order valence-electron chi connectivity index (χ2n) is 4.88. The van der Waals surface area contributed by atoms with Gasteiger partial charge in [0.2, 0.25) is 0 Å². The summed E-state index contributed by atoms with van der Waals surface area (Å²) < 4.78 is 0. The summed E-state index contributed by atoms with van der Waals surface area (Å²) in [5, 5.41) is 8.86. The molecule has 18 heavy (non-hydrogen) atoms. The van der Waals surface area contributed by atoms with Crippen LogP contribution in [-0.4, -0.2) is 34.1 Å². The van der Waals surface area contributed by atoms with Crippen molar-refractivity contribution in [3.63, 3.8) is 0 Å². The number of carboxylic acids is 1. The molecule has 3 rings (SSSR count). The van der Waals surface area contributed by atoms with Gasteiger partial charge in [0.15, 0.2) is 0 Å². The number of allylic oxidation sites excluding steroid dienone is 2. The molecule has 0 bridgehead atoms. The summed E-state index contributed by atoms with van der Waals surface area (Å²) in [6.07, 6.45) is 8.01. The molecular formula is C13H15N3O2. The Morgan fingerprint density at radius 3 is 2.67 bits per heavy atom. The Balaban J connectivity index is 1.70. The molecule has 1 aromatic heterocycles. The summed E-state index contributed by atoms with van der Waals surface area (Å²) in [7, 11) is 0. The smallest absolute Gasteiger partial charge is 0.310 e. The number of anilines is 1. The molecule has 0 aromatic carbocycles. The minimum absolute atomic E-state index is 0.253. The first-order valence-corrected chi connectivity index (χ1v) is 6.18. The predicted molar refractivity (Wildman–Crippen MR) is 66.5 cm³/mol. The summed E-state index contributed by atoms with van der Waals surface area (Å²) in [4.78, 5) is 21.3. The molecule has 0 amide bonds. The third-order valence-corrected chi connectivity index (χ3v) is 3.65. The first-order valence-electron chi connectivity index (χ1n) is 6.18. The quantitative estimate of drug-likeness (QED) is 0.816. The lowest BCUT2D eigenvalue weighted by atomic mass is 9.99. The number of carbonyl (C=O) groups is 1. The van der Waals surface area contributed by atoms with Gasteiger partial charge in [0.25, 0.3) is 0 Å². The molecule has 1 fully saturated rings. The van der Waals surface area contributed by atoms with Gasteiger partial charge in [0, 0.05) is 30.8 Å². The Morgan fingerprint density at radius 2 is 2.00 bits per heavy atom. The first kappa shape index (κ1) is 11.2. The fraction of sp³-hybridized carbons (Fsp3) is 0.462. The van der Waals surface area contributed by atoms with E-state index in [1.165, 1.54) is 0 Å². The number of carboxylic acid groups (broad SMARTS) is 1. The largest absolute Gasteiger partial charge is 0.481 e. The van der Waals surface area contributed by atoms with E-state index in [-0.39, 0.29) is 5.92 Å². The highest BCUT2D eigenvalue weighted by atomic mass is 16.4. The Kier molecular flexibility index (Phi) is 2.74. The maximum atomic E-state index is 10.8. The summed E-state index contributed by atoms with van der Waals surface area (Å²) in [5.74, 6) is 0.338. The molecule has 1 N–H and O–H groups in total.